The third-order valence-corrected chi connectivity index (χ3v) is 4.41. The van der Waals surface area contributed by atoms with Crippen LogP contribution in [0.3, 0.4) is 0 Å². The lowest BCUT2D eigenvalue weighted by atomic mass is 9.78. The first kappa shape index (κ1) is 14.0. The van der Waals surface area contributed by atoms with Crippen LogP contribution in [0.4, 0.5) is 0 Å². The van der Waals surface area contributed by atoms with Gasteiger partial charge in [-0.1, -0.05) is 0 Å². The summed E-state index contributed by atoms with van der Waals surface area (Å²) in [6.07, 6.45) is 4.56. The third kappa shape index (κ3) is 2.63. The van der Waals surface area contributed by atoms with Crippen molar-refractivity contribution in [2.75, 3.05) is 6.61 Å². The largest absolute Gasteiger partial charge is 0.478 e. The Kier molecular flexibility index (Phi) is 3.41. The predicted octanol–water partition coefficient (Wildman–Crippen LogP) is 1.47. The van der Waals surface area contributed by atoms with Gasteiger partial charge in [-0.05, 0) is 43.7 Å². The van der Waals surface area contributed by atoms with Crippen LogP contribution in [0.25, 0.3) is 0 Å². The molecule has 2 aliphatic carbocycles. The van der Waals surface area contributed by atoms with Crippen LogP contribution < -0.4 is 5.32 Å². The van der Waals surface area contributed by atoms with Gasteiger partial charge in [0.2, 0.25) is 0 Å². The maximum Gasteiger partial charge on any atom is 0.337 e. The van der Waals surface area contributed by atoms with Gasteiger partial charge in [0.25, 0.3) is 5.91 Å². The Balaban J connectivity index is 1.53. The second kappa shape index (κ2) is 5.11. The van der Waals surface area contributed by atoms with Gasteiger partial charge in [-0.3, -0.25) is 9.78 Å². The maximum absolute atomic E-state index is 12.1. The fraction of sp³-hybridized carbons (Fsp3) is 0.533. The summed E-state index contributed by atoms with van der Waals surface area (Å²) < 4.78 is 5.55. The average molecular weight is 290 g/mol. The average Bonchev–Trinajstić information content (AvgIpc) is 3.12. The minimum absolute atomic E-state index is 0.0768. The molecule has 6 heteroatoms. The lowest BCUT2D eigenvalue weighted by Gasteiger charge is -2.36. The third-order valence-electron chi connectivity index (χ3n) is 4.41. The number of aromatic nitrogens is 1. The van der Waals surface area contributed by atoms with Gasteiger partial charge in [-0.25, -0.2) is 4.79 Å². The number of ether oxygens (including phenoxy) is 1. The molecule has 21 heavy (non-hydrogen) atoms. The molecule has 2 saturated carbocycles. The number of aromatic carboxylic acids is 1. The summed E-state index contributed by atoms with van der Waals surface area (Å²) in [6, 6.07) is 3.03. The molecular formula is C15H18N2O4. The molecule has 1 spiro atoms. The van der Waals surface area contributed by atoms with Crippen LogP contribution in [0.2, 0.25) is 0 Å². The molecule has 0 aromatic carbocycles. The van der Waals surface area contributed by atoms with Gasteiger partial charge in [-0.2, -0.15) is 0 Å². The topological polar surface area (TPSA) is 88.5 Å². The normalized spacial score (nSPS) is 29.8. The highest BCUT2D eigenvalue weighted by Gasteiger charge is 2.62. The molecule has 112 valence electrons. The van der Waals surface area contributed by atoms with Gasteiger partial charge < -0.3 is 15.2 Å². The van der Waals surface area contributed by atoms with Gasteiger partial charge in [0.15, 0.2) is 0 Å². The number of carboxylic acid groups (broad SMARTS) is 1. The van der Waals surface area contributed by atoms with Crippen LogP contribution in [0.15, 0.2) is 18.3 Å². The van der Waals surface area contributed by atoms with Gasteiger partial charge in [0, 0.05) is 18.8 Å². The first-order chi connectivity index (χ1) is 10.0. The number of nitrogens with zero attached hydrogens (tertiary/aromatic N) is 1. The Morgan fingerprint density at radius 3 is 2.76 bits per heavy atom. The van der Waals surface area contributed by atoms with Crippen molar-refractivity contribution in [3.8, 4) is 0 Å². The number of amides is 1. The van der Waals surface area contributed by atoms with Gasteiger partial charge >= 0.3 is 5.97 Å². The number of hydrogen-bond donors (Lipinski definition) is 2. The summed E-state index contributed by atoms with van der Waals surface area (Å²) in [5.41, 5.74) is 0.562. The van der Waals surface area contributed by atoms with Crippen molar-refractivity contribution in [1.82, 2.24) is 10.3 Å². The summed E-state index contributed by atoms with van der Waals surface area (Å²) in [6.45, 7) is 2.72. The minimum Gasteiger partial charge on any atom is -0.478 e. The van der Waals surface area contributed by atoms with Crippen LogP contribution in [0.5, 0.6) is 0 Å². The molecule has 1 atom stereocenters. The zero-order valence-electron chi connectivity index (χ0n) is 11.8. The van der Waals surface area contributed by atoms with Crippen molar-refractivity contribution in [3.05, 3.63) is 29.6 Å². The summed E-state index contributed by atoms with van der Waals surface area (Å²) in [4.78, 5) is 26.7. The minimum atomic E-state index is -1.05. The molecule has 2 fully saturated rings. The number of carboxylic acids is 1. The molecule has 2 N–H and O–H groups in total. The second-order valence-electron chi connectivity index (χ2n) is 5.82. The first-order valence-corrected chi connectivity index (χ1v) is 7.16. The van der Waals surface area contributed by atoms with Crippen molar-refractivity contribution in [3.63, 3.8) is 0 Å². The van der Waals surface area contributed by atoms with E-state index < -0.39 is 5.97 Å². The summed E-state index contributed by atoms with van der Waals surface area (Å²) in [5.74, 6) is -1.29. The Morgan fingerprint density at radius 2 is 2.19 bits per heavy atom. The van der Waals surface area contributed by atoms with Crippen LogP contribution in [-0.2, 0) is 4.74 Å². The van der Waals surface area contributed by atoms with E-state index >= 15 is 0 Å². The molecule has 1 heterocycles. The van der Waals surface area contributed by atoms with Crippen LogP contribution in [0.1, 0.15) is 47.0 Å². The van der Waals surface area contributed by atoms with E-state index in [9.17, 15) is 9.59 Å². The van der Waals surface area contributed by atoms with E-state index in [-0.39, 0.29) is 28.6 Å². The fourth-order valence-corrected chi connectivity index (χ4v) is 3.09. The van der Waals surface area contributed by atoms with Crippen LogP contribution >= 0.6 is 0 Å². The number of hydrogen-bond acceptors (Lipinski definition) is 4. The molecule has 3 rings (SSSR count). The number of pyridine rings is 1. The standard InChI is InChI=1S/C15H18N2O4/c1-2-21-10-5-15(6-10)7-12(15)17-13(18)11-4-3-9(8-16-11)14(19)20/h3-4,8,10,12H,2,5-7H2,1H3,(H,17,18)(H,19,20). The SMILES string of the molecule is CCOC1CC2(C1)CC2NC(=O)c1ccc(C(=O)O)cn1. The van der Waals surface area contributed by atoms with Crippen molar-refractivity contribution in [2.45, 2.75) is 38.3 Å². The molecule has 0 aliphatic heterocycles. The molecule has 1 unspecified atom stereocenters. The Bertz CT molecular complexity index is 564. The van der Waals surface area contributed by atoms with E-state index in [0.717, 1.165) is 25.9 Å². The van der Waals surface area contributed by atoms with E-state index in [1.165, 1.54) is 18.3 Å². The number of carbonyl (C=O) groups excluding carboxylic acids is 1. The van der Waals surface area contributed by atoms with Crippen molar-refractivity contribution < 1.29 is 19.4 Å². The van der Waals surface area contributed by atoms with E-state index in [1.54, 1.807) is 0 Å². The highest BCUT2D eigenvalue weighted by atomic mass is 16.5. The van der Waals surface area contributed by atoms with Gasteiger partial charge in [-0.15, -0.1) is 0 Å². The van der Waals surface area contributed by atoms with E-state index in [4.69, 9.17) is 9.84 Å². The van der Waals surface area contributed by atoms with Crippen molar-refractivity contribution in [2.24, 2.45) is 5.41 Å². The number of nitrogens with one attached hydrogen (secondary N) is 1. The maximum atomic E-state index is 12.1. The van der Waals surface area contributed by atoms with Gasteiger partial charge in [0.05, 0.1) is 11.7 Å². The van der Waals surface area contributed by atoms with Crippen LogP contribution in [0, 0.1) is 5.41 Å². The lowest BCUT2D eigenvalue weighted by molar-refractivity contribution is -0.0374. The number of rotatable bonds is 5. The number of carbonyl (C=O) groups is 2. The van der Waals surface area contributed by atoms with Crippen molar-refractivity contribution >= 4 is 11.9 Å². The first-order valence-electron chi connectivity index (χ1n) is 7.16. The molecule has 1 aromatic rings. The van der Waals surface area contributed by atoms with E-state index in [0.29, 0.717) is 6.10 Å². The molecule has 6 nitrogen and oxygen atoms in total. The summed E-state index contributed by atoms with van der Waals surface area (Å²) >= 11 is 0. The molecular weight excluding hydrogens is 272 g/mol. The Hall–Kier alpha value is -1.95. The molecule has 0 saturated heterocycles. The monoisotopic (exact) mass is 290 g/mol. The fourth-order valence-electron chi connectivity index (χ4n) is 3.09. The van der Waals surface area contributed by atoms with E-state index in [1.807, 2.05) is 6.92 Å². The Labute approximate surface area is 122 Å². The lowest BCUT2D eigenvalue weighted by Crippen LogP contribution is -2.40. The Morgan fingerprint density at radius 1 is 1.43 bits per heavy atom. The van der Waals surface area contributed by atoms with Gasteiger partial charge in [0.1, 0.15) is 5.69 Å². The highest BCUT2D eigenvalue weighted by molar-refractivity contribution is 5.94. The molecule has 0 radical (unpaired) electrons. The second-order valence-corrected chi connectivity index (χ2v) is 5.82. The molecule has 1 aromatic heterocycles. The zero-order valence-corrected chi connectivity index (χ0v) is 11.8. The smallest absolute Gasteiger partial charge is 0.337 e. The summed E-state index contributed by atoms with van der Waals surface area (Å²) in [7, 11) is 0. The van der Waals surface area contributed by atoms with Crippen molar-refractivity contribution in [1.29, 1.82) is 0 Å². The quantitative estimate of drug-likeness (QED) is 0.857. The van der Waals surface area contributed by atoms with Crippen LogP contribution in [-0.4, -0.2) is 40.7 Å². The molecule has 1 amide bonds. The molecule has 0 bridgehead atoms. The summed E-state index contributed by atoms with van der Waals surface area (Å²) in [5, 5.41) is 11.8. The highest BCUT2D eigenvalue weighted by Crippen LogP contribution is 2.61. The molecule has 2 aliphatic rings. The predicted molar refractivity (Wildman–Crippen MR) is 74.1 cm³/mol. The van der Waals surface area contributed by atoms with E-state index in [2.05, 4.69) is 10.3 Å². The zero-order chi connectivity index (χ0) is 15.0.